The minimum Gasteiger partial charge on any atom is -0.358 e. The van der Waals surface area contributed by atoms with Crippen LogP contribution >= 0.6 is 0 Å². The molecule has 1 aromatic heterocycles. The largest absolute Gasteiger partial charge is 0.358 e. The van der Waals surface area contributed by atoms with E-state index in [2.05, 4.69) is 47.2 Å². The molecule has 3 heteroatoms. The van der Waals surface area contributed by atoms with Crippen molar-refractivity contribution in [1.29, 1.82) is 0 Å². The van der Waals surface area contributed by atoms with Crippen LogP contribution < -0.4 is 5.32 Å². The number of nitrogens with one attached hydrogen (secondary N) is 2. The smallest absolute Gasteiger partial charge is 0.0461 e. The highest BCUT2D eigenvalue weighted by Crippen LogP contribution is 2.22. The highest BCUT2D eigenvalue weighted by atomic mass is 15.2. The summed E-state index contributed by atoms with van der Waals surface area (Å²) in [5.41, 5.74) is 5.39. The average molecular weight is 257 g/mol. The lowest BCUT2D eigenvalue weighted by molar-refractivity contribution is 0.244. The summed E-state index contributed by atoms with van der Waals surface area (Å²) in [5, 5.41) is 4.76. The molecule has 3 rings (SSSR count). The number of fused-ring (bicyclic) bond motifs is 1. The van der Waals surface area contributed by atoms with Crippen molar-refractivity contribution in [1.82, 2.24) is 15.2 Å². The number of rotatable bonds is 3. The zero-order chi connectivity index (χ0) is 13.2. The Bertz CT molecular complexity index is 565. The SMILES string of the molecule is Cc1[nH]c2cc(CCN3CCNCC3)ccc2c1C. The first-order valence-corrected chi connectivity index (χ1v) is 7.25. The van der Waals surface area contributed by atoms with Crippen molar-refractivity contribution < 1.29 is 0 Å². The van der Waals surface area contributed by atoms with E-state index in [1.165, 1.54) is 47.4 Å². The van der Waals surface area contributed by atoms with Crippen LogP contribution in [0.25, 0.3) is 10.9 Å². The van der Waals surface area contributed by atoms with Crippen LogP contribution in [-0.2, 0) is 6.42 Å². The number of benzene rings is 1. The number of nitrogens with zero attached hydrogens (tertiary/aromatic N) is 1. The van der Waals surface area contributed by atoms with E-state index in [1.807, 2.05) is 0 Å². The summed E-state index contributed by atoms with van der Waals surface area (Å²) in [7, 11) is 0. The minimum absolute atomic E-state index is 1.13. The fraction of sp³-hybridized carbons (Fsp3) is 0.500. The van der Waals surface area contributed by atoms with Crippen molar-refractivity contribution in [2.45, 2.75) is 20.3 Å². The quantitative estimate of drug-likeness (QED) is 0.883. The van der Waals surface area contributed by atoms with Gasteiger partial charge in [-0.25, -0.2) is 0 Å². The molecule has 0 unspecified atom stereocenters. The van der Waals surface area contributed by atoms with E-state index < -0.39 is 0 Å². The topological polar surface area (TPSA) is 31.1 Å². The lowest BCUT2D eigenvalue weighted by Gasteiger charge is -2.27. The van der Waals surface area contributed by atoms with Crippen molar-refractivity contribution in [3.8, 4) is 0 Å². The Morgan fingerprint density at radius 3 is 2.74 bits per heavy atom. The molecule has 1 fully saturated rings. The summed E-state index contributed by atoms with van der Waals surface area (Å²) >= 11 is 0. The maximum Gasteiger partial charge on any atom is 0.0461 e. The monoisotopic (exact) mass is 257 g/mol. The molecule has 0 atom stereocenters. The highest BCUT2D eigenvalue weighted by Gasteiger charge is 2.10. The third-order valence-electron chi connectivity index (χ3n) is 4.30. The van der Waals surface area contributed by atoms with Gasteiger partial charge in [0, 0.05) is 49.3 Å². The van der Waals surface area contributed by atoms with Crippen molar-refractivity contribution in [2.75, 3.05) is 32.7 Å². The molecular weight excluding hydrogens is 234 g/mol. The third kappa shape index (κ3) is 2.67. The molecule has 0 aliphatic carbocycles. The van der Waals surface area contributed by atoms with Crippen molar-refractivity contribution in [2.24, 2.45) is 0 Å². The number of aromatic amines is 1. The van der Waals surface area contributed by atoms with E-state index in [1.54, 1.807) is 0 Å². The van der Waals surface area contributed by atoms with Gasteiger partial charge in [0.25, 0.3) is 0 Å². The van der Waals surface area contributed by atoms with E-state index in [0.717, 1.165) is 19.5 Å². The van der Waals surface area contributed by atoms with Gasteiger partial charge in [0.1, 0.15) is 0 Å². The van der Waals surface area contributed by atoms with Gasteiger partial charge in [0.2, 0.25) is 0 Å². The zero-order valence-corrected chi connectivity index (χ0v) is 11.9. The predicted octanol–water partition coefficient (Wildman–Crippen LogP) is 2.23. The van der Waals surface area contributed by atoms with Gasteiger partial charge in [-0.3, -0.25) is 0 Å². The van der Waals surface area contributed by atoms with Crippen LogP contribution in [0.5, 0.6) is 0 Å². The van der Waals surface area contributed by atoms with Gasteiger partial charge in [-0.2, -0.15) is 0 Å². The fourth-order valence-corrected chi connectivity index (χ4v) is 2.90. The van der Waals surface area contributed by atoms with Crippen LogP contribution in [0.4, 0.5) is 0 Å². The Labute approximate surface area is 115 Å². The van der Waals surface area contributed by atoms with Crippen LogP contribution in [0, 0.1) is 13.8 Å². The van der Waals surface area contributed by atoms with Gasteiger partial charge < -0.3 is 15.2 Å². The molecule has 1 saturated heterocycles. The van der Waals surface area contributed by atoms with E-state index in [9.17, 15) is 0 Å². The third-order valence-corrected chi connectivity index (χ3v) is 4.30. The van der Waals surface area contributed by atoms with Crippen LogP contribution in [0.2, 0.25) is 0 Å². The summed E-state index contributed by atoms with van der Waals surface area (Å²) < 4.78 is 0. The normalized spacial score (nSPS) is 17.2. The molecule has 1 aliphatic heterocycles. The van der Waals surface area contributed by atoms with E-state index in [4.69, 9.17) is 0 Å². The number of aromatic nitrogens is 1. The number of hydrogen-bond donors (Lipinski definition) is 2. The number of aryl methyl sites for hydroxylation is 2. The summed E-state index contributed by atoms with van der Waals surface area (Å²) in [6.07, 6.45) is 1.15. The molecule has 0 spiro atoms. The van der Waals surface area contributed by atoms with Gasteiger partial charge in [-0.1, -0.05) is 12.1 Å². The molecule has 0 radical (unpaired) electrons. The molecule has 2 N–H and O–H groups in total. The lowest BCUT2D eigenvalue weighted by atomic mass is 10.1. The second kappa shape index (κ2) is 5.35. The van der Waals surface area contributed by atoms with Gasteiger partial charge in [0.05, 0.1) is 0 Å². The van der Waals surface area contributed by atoms with Crippen LogP contribution in [-0.4, -0.2) is 42.6 Å². The fourth-order valence-electron chi connectivity index (χ4n) is 2.90. The Kier molecular flexibility index (Phi) is 3.58. The molecular formula is C16H23N3. The minimum atomic E-state index is 1.13. The molecule has 19 heavy (non-hydrogen) atoms. The summed E-state index contributed by atoms with van der Waals surface area (Å²) in [6, 6.07) is 6.86. The number of H-pyrrole nitrogens is 1. The van der Waals surface area contributed by atoms with Crippen molar-refractivity contribution in [3.05, 3.63) is 35.0 Å². The van der Waals surface area contributed by atoms with Gasteiger partial charge in [0.15, 0.2) is 0 Å². The van der Waals surface area contributed by atoms with E-state index in [-0.39, 0.29) is 0 Å². The maximum absolute atomic E-state index is 3.48. The van der Waals surface area contributed by atoms with Gasteiger partial charge in [-0.15, -0.1) is 0 Å². The van der Waals surface area contributed by atoms with E-state index >= 15 is 0 Å². The first-order valence-electron chi connectivity index (χ1n) is 7.25. The Hall–Kier alpha value is -1.32. The second-order valence-corrected chi connectivity index (χ2v) is 5.60. The van der Waals surface area contributed by atoms with Gasteiger partial charge in [-0.05, 0) is 37.5 Å². The Morgan fingerprint density at radius 1 is 1.16 bits per heavy atom. The average Bonchev–Trinajstić information content (AvgIpc) is 2.73. The van der Waals surface area contributed by atoms with Crippen molar-refractivity contribution in [3.63, 3.8) is 0 Å². The van der Waals surface area contributed by atoms with Gasteiger partial charge >= 0.3 is 0 Å². The van der Waals surface area contributed by atoms with Crippen molar-refractivity contribution >= 4 is 10.9 Å². The summed E-state index contributed by atoms with van der Waals surface area (Å²) in [6.45, 7) is 10.1. The van der Waals surface area contributed by atoms with Crippen LogP contribution in [0.1, 0.15) is 16.8 Å². The van der Waals surface area contributed by atoms with Crippen LogP contribution in [0.15, 0.2) is 18.2 Å². The molecule has 0 amide bonds. The Balaban J connectivity index is 1.70. The lowest BCUT2D eigenvalue weighted by Crippen LogP contribution is -2.44. The summed E-state index contributed by atoms with van der Waals surface area (Å²) in [5.74, 6) is 0. The maximum atomic E-state index is 3.48. The molecule has 0 saturated carbocycles. The molecule has 1 aliphatic rings. The highest BCUT2D eigenvalue weighted by molar-refractivity contribution is 5.84. The first-order chi connectivity index (χ1) is 9.24. The zero-order valence-electron chi connectivity index (χ0n) is 11.9. The predicted molar refractivity (Wildman–Crippen MR) is 80.8 cm³/mol. The molecule has 2 heterocycles. The molecule has 102 valence electrons. The molecule has 3 nitrogen and oxygen atoms in total. The second-order valence-electron chi connectivity index (χ2n) is 5.60. The number of hydrogen-bond acceptors (Lipinski definition) is 2. The molecule has 0 bridgehead atoms. The molecule has 1 aromatic carbocycles. The van der Waals surface area contributed by atoms with Crippen LogP contribution in [0.3, 0.4) is 0 Å². The summed E-state index contributed by atoms with van der Waals surface area (Å²) in [4.78, 5) is 6.03. The van der Waals surface area contributed by atoms with E-state index in [0.29, 0.717) is 0 Å². The Morgan fingerprint density at radius 2 is 1.95 bits per heavy atom. The first kappa shape index (κ1) is 12.7. The standard InChI is InChI=1S/C16H23N3/c1-12-13(2)18-16-11-14(3-4-15(12)16)5-8-19-9-6-17-7-10-19/h3-4,11,17-18H,5-10H2,1-2H3. The number of piperazine rings is 1. The molecule has 2 aromatic rings.